The van der Waals surface area contributed by atoms with Crippen molar-refractivity contribution in [2.24, 2.45) is 0 Å². The fourth-order valence-corrected chi connectivity index (χ4v) is 2.06. The monoisotopic (exact) mass is 290 g/mol. The summed E-state index contributed by atoms with van der Waals surface area (Å²) in [7, 11) is 0. The standard InChI is InChI=1S/C18H23FO2/c1-5-9-15(10-8-11-19)18-16(20-6-2)12-14(4)13-17(18)21-7-3/h5,8-10,12-13H,1,6-7,11H2,2-4H3/b10-8-,15-9+. The molecule has 0 unspecified atom stereocenters. The zero-order chi connectivity index (χ0) is 15.7. The molecular weight excluding hydrogens is 267 g/mol. The van der Waals surface area contributed by atoms with Gasteiger partial charge in [0.1, 0.15) is 18.2 Å². The first-order valence-electron chi connectivity index (χ1n) is 7.13. The Labute approximate surface area is 126 Å². The highest BCUT2D eigenvalue weighted by Crippen LogP contribution is 2.37. The zero-order valence-electron chi connectivity index (χ0n) is 13.0. The molecule has 1 rings (SSSR count). The Morgan fingerprint density at radius 1 is 1.19 bits per heavy atom. The fraction of sp³-hybridized carbons (Fsp3) is 0.333. The molecule has 0 bridgehead atoms. The van der Waals surface area contributed by atoms with Crippen LogP contribution in [0.3, 0.4) is 0 Å². The number of rotatable bonds is 8. The van der Waals surface area contributed by atoms with E-state index in [0.29, 0.717) is 13.2 Å². The van der Waals surface area contributed by atoms with E-state index in [1.165, 1.54) is 6.08 Å². The number of allylic oxidation sites excluding steroid dienone is 5. The van der Waals surface area contributed by atoms with Crippen molar-refractivity contribution in [2.75, 3.05) is 19.9 Å². The van der Waals surface area contributed by atoms with Crippen molar-refractivity contribution in [1.82, 2.24) is 0 Å². The van der Waals surface area contributed by atoms with Crippen LogP contribution in [-0.2, 0) is 0 Å². The summed E-state index contributed by atoms with van der Waals surface area (Å²) >= 11 is 0. The van der Waals surface area contributed by atoms with Crippen LogP contribution >= 0.6 is 0 Å². The molecule has 0 heterocycles. The number of hydrogen-bond donors (Lipinski definition) is 0. The Morgan fingerprint density at radius 2 is 1.76 bits per heavy atom. The molecule has 0 aliphatic rings. The lowest BCUT2D eigenvalue weighted by atomic mass is 10.00. The normalized spacial score (nSPS) is 11.7. The van der Waals surface area contributed by atoms with E-state index in [0.717, 1.165) is 28.2 Å². The molecule has 0 aliphatic carbocycles. The average molecular weight is 290 g/mol. The average Bonchev–Trinajstić information content (AvgIpc) is 2.44. The van der Waals surface area contributed by atoms with Crippen LogP contribution in [0.2, 0.25) is 0 Å². The summed E-state index contributed by atoms with van der Waals surface area (Å²) in [6, 6.07) is 3.92. The minimum Gasteiger partial charge on any atom is -0.493 e. The molecule has 0 atom stereocenters. The minimum atomic E-state index is -0.520. The van der Waals surface area contributed by atoms with Gasteiger partial charge in [-0.25, -0.2) is 4.39 Å². The van der Waals surface area contributed by atoms with Crippen LogP contribution in [0.4, 0.5) is 4.39 Å². The first kappa shape index (κ1) is 17.0. The lowest BCUT2D eigenvalue weighted by Crippen LogP contribution is -2.02. The van der Waals surface area contributed by atoms with Crippen LogP contribution in [0.1, 0.15) is 25.0 Å². The van der Waals surface area contributed by atoms with Gasteiger partial charge in [-0.15, -0.1) is 0 Å². The van der Waals surface area contributed by atoms with Crippen LogP contribution in [0.5, 0.6) is 11.5 Å². The van der Waals surface area contributed by atoms with E-state index in [-0.39, 0.29) is 0 Å². The number of alkyl halides is 1. The molecule has 1 aromatic rings. The Hall–Kier alpha value is -2.03. The first-order valence-corrected chi connectivity index (χ1v) is 7.13. The second kappa shape index (κ2) is 9.01. The number of ether oxygens (including phenoxy) is 2. The molecule has 0 radical (unpaired) electrons. The summed E-state index contributed by atoms with van der Waals surface area (Å²) in [6.45, 7) is 10.2. The lowest BCUT2D eigenvalue weighted by Gasteiger charge is -2.17. The number of halogens is 1. The Kier molecular flexibility index (Phi) is 7.30. The second-order valence-corrected chi connectivity index (χ2v) is 4.42. The van der Waals surface area contributed by atoms with Crippen molar-refractivity contribution < 1.29 is 13.9 Å². The second-order valence-electron chi connectivity index (χ2n) is 4.42. The predicted octanol–water partition coefficient (Wildman–Crippen LogP) is 4.89. The third-order valence-electron chi connectivity index (χ3n) is 2.78. The van der Waals surface area contributed by atoms with Crippen LogP contribution in [0.25, 0.3) is 5.57 Å². The predicted molar refractivity (Wildman–Crippen MR) is 86.8 cm³/mol. The smallest absolute Gasteiger partial charge is 0.131 e. The minimum absolute atomic E-state index is 0.520. The largest absolute Gasteiger partial charge is 0.493 e. The van der Waals surface area contributed by atoms with Gasteiger partial charge in [-0.3, -0.25) is 0 Å². The van der Waals surface area contributed by atoms with E-state index in [1.54, 1.807) is 12.2 Å². The Balaban J connectivity index is 3.49. The van der Waals surface area contributed by atoms with E-state index in [2.05, 4.69) is 6.58 Å². The van der Waals surface area contributed by atoms with Crippen LogP contribution < -0.4 is 9.47 Å². The summed E-state index contributed by atoms with van der Waals surface area (Å²) in [4.78, 5) is 0. The molecule has 0 saturated heterocycles. The van der Waals surface area contributed by atoms with Gasteiger partial charge in [0.2, 0.25) is 0 Å². The summed E-state index contributed by atoms with van der Waals surface area (Å²) in [5, 5.41) is 0. The number of aryl methyl sites for hydroxylation is 1. The highest BCUT2D eigenvalue weighted by Gasteiger charge is 2.15. The van der Waals surface area contributed by atoms with E-state index >= 15 is 0 Å². The molecule has 21 heavy (non-hydrogen) atoms. The van der Waals surface area contributed by atoms with E-state index in [1.807, 2.05) is 39.0 Å². The molecule has 0 fully saturated rings. The molecule has 0 amide bonds. The highest BCUT2D eigenvalue weighted by atomic mass is 19.1. The summed E-state index contributed by atoms with van der Waals surface area (Å²) in [5.74, 6) is 1.47. The molecule has 2 nitrogen and oxygen atoms in total. The first-order chi connectivity index (χ1) is 10.2. The topological polar surface area (TPSA) is 18.5 Å². The number of hydrogen-bond acceptors (Lipinski definition) is 2. The van der Waals surface area contributed by atoms with Gasteiger partial charge in [-0.1, -0.05) is 30.9 Å². The molecular formula is C18H23FO2. The van der Waals surface area contributed by atoms with Gasteiger partial charge in [0.15, 0.2) is 0 Å². The van der Waals surface area contributed by atoms with Gasteiger partial charge in [0.25, 0.3) is 0 Å². The Bertz CT molecular complexity index is 503. The molecule has 0 saturated carbocycles. The van der Waals surface area contributed by atoms with Crippen LogP contribution in [0.15, 0.2) is 43.0 Å². The van der Waals surface area contributed by atoms with Crippen molar-refractivity contribution in [3.8, 4) is 11.5 Å². The molecule has 0 spiro atoms. The number of benzene rings is 1. The van der Waals surface area contributed by atoms with E-state index < -0.39 is 6.67 Å². The van der Waals surface area contributed by atoms with Crippen molar-refractivity contribution in [1.29, 1.82) is 0 Å². The quantitative estimate of drug-likeness (QED) is 0.635. The molecule has 114 valence electrons. The maximum absolute atomic E-state index is 12.5. The maximum Gasteiger partial charge on any atom is 0.131 e. The van der Waals surface area contributed by atoms with Gasteiger partial charge in [-0.05, 0) is 44.0 Å². The third kappa shape index (κ3) is 4.78. The van der Waals surface area contributed by atoms with Gasteiger partial charge >= 0.3 is 0 Å². The molecule has 3 heteroatoms. The molecule has 0 N–H and O–H groups in total. The highest BCUT2D eigenvalue weighted by molar-refractivity contribution is 5.82. The van der Waals surface area contributed by atoms with Gasteiger partial charge in [0, 0.05) is 0 Å². The van der Waals surface area contributed by atoms with Gasteiger partial charge < -0.3 is 9.47 Å². The Morgan fingerprint density at radius 3 is 2.19 bits per heavy atom. The molecule has 0 aromatic heterocycles. The van der Waals surface area contributed by atoms with Crippen molar-refractivity contribution in [3.05, 3.63) is 54.1 Å². The van der Waals surface area contributed by atoms with Crippen LogP contribution in [0, 0.1) is 6.92 Å². The van der Waals surface area contributed by atoms with Crippen molar-refractivity contribution in [2.45, 2.75) is 20.8 Å². The van der Waals surface area contributed by atoms with E-state index in [4.69, 9.17) is 9.47 Å². The maximum atomic E-state index is 12.5. The van der Waals surface area contributed by atoms with Gasteiger partial charge in [0.05, 0.1) is 18.8 Å². The summed E-state index contributed by atoms with van der Waals surface area (Å²) < 4.78 is 23.9. The summed E-state index contributed by atoms with van der Waals surface area (Å²) in [5.41, 5.74) is 2.70. The van der Waals surface area contributed by atoms with E-state index in [9.17, 15) is 4.39 Å². The summed E-state index contributed by atoms with van der Waals surface area (Å²) in [6.07, 6.45) is 6.67. The third-order valence-corrected chi connectivity index (χ3v) is 2.78. The molecule has 0 aliphatic heterocycles. The van der Waals surface area contributed by atoms with Crippen molar-refractivity contribution >= 4 is 5.57 Å². The molecule has 1 aromatic carbocycles. The van der Waals surface area contributed by atoms with Crippen molar-refractivity contribution in [3.63, 3.8) is 0 Å². The SMILES string of the molecule is C=C/C=C(\C=C/CF)c1c(OCC)cc(C)cc1OCC. The lowest BCUT2D eigenvalue weighted by molar-refractivity contribution is 0.321. The zero-order valence-corrected chi connectivity index (χ0v) is 13.0. The van der Waals surface area contributed by atoms with Crippen LogP contribution in [-0.4, -0.2) is 19.9 Å². The van der Waals surface area contributed by atoms with Gasteiger partial charge in [-0.2, -0.15) is 0 Å². The fourth-order valence-electron chi connectivity index (χ4n) is 2.06.